The highest BCUT2D eigenvalue weighted by atomic mass is 32.1. The van der Waals surface area contributed by atoms with Gasteiger partial charge in [-0.3, -0.25) is 19.4 Å². The van der Waals surface area contributed by atoms with Gasteiger partial charge in [-0.25, -0.2) is 14.2 Å². The maximum absolute atomic E-state index is 13.1. The number of nitrogens with one attached hydrogen (secondary N) is 1. The van der Waals surface area contributed by atoms with Gasteiger partial charge >= 0.3 is 6.03 Å². The van der Waals surface area contributed by atoms with Crippen molar-refractivity contribution in [2.75, 3.05) is 10.2 Å². The van der Waals surface area contributed by atoms with Crippen molar-refractivity contribution < 1.29 is 18.8 Å². The second-order valence-electron chi connectivity index (χ2n) is 5.55. The SMILES string of the molecule is CC(=O)Nc1nc(CN2C(=O)C(C)N(c3ccc(F)cc3)C2=O)cs1. The van der Waals surface area contributed by atoms with E-state index in [0.29, 0.717) is 16.5 Å². The molecule has 1 aromatic heterocycles. The van der Waals surface area contributed by atoms with Gasteiger partial charge in [0.1, 0.15) is 11.9 Å². The lowest BCUT2D eigenvalue weighted by Crippen LogP contribution is -2.33. The molecule has 1 saturated heterocycles. The topological polar surface area (TPSA) is 82.6 Å². The third-order valence-corrected chi connectivity index (χ3v) is 4.51. The smallest absolute Gasteiger partial charge is 0.302 e. The maximum atomic E-state index is 13.1. The number of benzene rings is 1. The van der Waals surface area contributed by atoms with Crippen molar-refractivity contribution in [2.24, 2.45) is 0 Å². The van der Waals surface area contributed by atoms with Gasteiger partial charge in [0.2, 0.25) is 5.91 Å². The number of carbonyl (C=O) groups excluding carboxylic acids is 3. The van der Waals surface area contributed by atoms with Gasteiger partial charge in [0.05, 0.1) is 12.2 Å². The van der Waals surface area contributed by atoms with Crippen LogP contribution < -0.4 is 10.2 Å². The van der Waals surface area contributed by atoms with Crippen LogP contribution in [0.5, 0.6) is 0 Å². The van der Waals surface area contributed by atoms with Crippen LogP contribution >= 0.6 is 11.3 Å². The second-order valence-corrected chi connectivity index (χ2v) is 6.41. The second kappa shape index (κ2) is 6.60. The molecule has 130 valence electrons. The molecule has 0 spiro atoms. The molecular formula is C16H15FN4O3S. The van der Waals surface area contributed by atoms with Crippen molar-refractivity contribution >= 4 is 40.0 Å². The van der Waals surface area contributed by atoms with Crippen molar-refractivity contribution in [2.45, 2.75) is 26.4 Å². The zero-order valence-electron chi connectivity index (χ0n) is 13.5. The van der Waals surface area contributed by atoms with Crippen LogP contribution in [0.3, 0.4) is 0 Å². The van der Waals surface area contributed by atoms with E-state index in [1.807, 2.05) is 0 Å². The Bertz CT molecular complexity index is 836. The largest absolute Gasteiger partial charge is 0.332 e. The number of carbonyl (C=O) groups is 3. The molecule has 7 nitrogen and oxygen atoms in total. The van der Waals surface area contributed by atoms with Crippen molar-refractivity contribution in [3.05, 3.63) is 41.2 Å². The van der Waals surface area contributed by atoms with E-state index >= 15 is 0 Å². The minimum Gasteiger partial charge on any atom is -0.302 e. The van der Waals surface area contributed by atoms with Gasteiger partial charge in [-0.2, -0.15) is 0 Å². The minimum atomic E-state index is -0.689. The Kier molecular flexibility index (Phi) is 4.49. The molecule has 0 bridgehead atoms. The first-order valence-corrected chi connectivity index (χ1v) is 8.37. The van der Waals surface area contributed by atoms with Crippen LogP contribution in [0.1, 0.15) is 19.5 Å². The summed E-state index contributed by atoms with van der Waals surface area (Å²) < 4.78 is 13.1. The van der Waals surface area contributed by atoms with E-state index in [4.69, 9.17) is 0 Å². The fourth-order valence-corrected chi connectivity index (χ4v) is 3.30. The Morgan fingerprint density at radius 1 is 1.32 bits per heavy atom. The monoisotopic (exact) mass is 362 g/mol. The third kappa shape index (κ3) is 3.36. The lowest BCUT2D eigenvalue weighted by atomic mass is 10.2. The van der Waals surface area contributed by atoms with Gasteiger partial charge in [0, 0.05) is 18.0 Å². The van der Waals surface area contributed by atoms with Crippen LogP contribution in [0.4, 0.5) is 20.0 Å². The highest BCUT2D eigenvalue weighted by molar-refractivity contribution is 7.13. The molecule has 1 aliphatic heterocycles. The average Bonchev–Trinajstić information content (AvgIpc) is 3.07. The highest BCUT2D eigenvalue weighted by Gasteiger charge is 2.43. The van der Waals surface area contributed by atoms with Gasteiger partial charge in [-0.15, -0.1) is 11.3 Å². The number of imide groups is 1. The number of thiazole rings is 1. The number of halogens is 1. The molecule has 2 aromatic rings. The Hall–Kier alpha value is -2.81. The Balaban J connectivity index is 1.79. The molecule has 1 aromatic carbocycles. The molecule has 1 unspecified atom stereocenters. The van der Waals surface area contributed by atoms with Crippen LogP contribution in [0.2, 0.25) is 0 Å². The summed E-state index contributed by atoms with van der Waals surface area (Å²) in [5, 5.41) is 4.64. The zero-order valence-corrected chi connectivity index (χ0v) is 14.3. The Morgan fingerprint density at radius 2 is 2.00 bits per heavy atom. The van der Waals surface area contributed by atoms with Gasteiger partial charge < -0.3 is 5.32 Å². The van der Waals surface area contributed by atoms with Crippen LogP contribution in [0.25, 0.3) is 0 Å². The number of rotatable bonds is 4. The van der Waals surface area contributed by atoms with Gasteiger partial charge in [-0.1, -0.05) is 0 Å². The van der Waals surface area contributed by atoms with Crippen LogP contribution in [-0.2, 0) is 16.1 Å². The molecule has 4 amide bonds. The number of anilines is 2. The number of hydrogen-bond acceptors (Lipinski definition) is 5. The summed E-state index contributed by atoms with van der Waals surface area (Å²) >= 11 is 1.22. The normalized spacial score (nSPS) is 17.3. The van der Waals surface area contributed by atoms with E-state index in [1.54, 1.807) is 12.3 Å². The first-order chi connectivity index (χ1) is 11.9. The molecular weight excluding hydrogens is 347 g/mol. The molecule has 1 fully saturated rings. The van der Waals surface area contributed by atoms with Crippen molar-refractivity contribution in [1.82, 2.24) is 9.88 Å². The summed E-state index contributed by atoms with van der Waals surface area (Å²) in [5.41, 5.74) is 0.954. The van der Waals surface area contributed by atoms with E-state index in [-0.39, 0.29) is 18.4 Å². The first kappa shape index (κ1) is 17.0. The van der Waals surface area contributed by atoms with E-state index in [9.17, 15) is 18.8 Å². The number of amides is 4. The summed E-state index contributed by atoms with van der Waals surface area (Å²) in [4.78, 5) is 42.7. The standard InChI is InChI=1S/C16H15FN4O3S/c1-9-14(23)20(7-12-8-25-15(19-12)18-10(2)22)16(24)21(9)13-5-3-11(17)4-6-13/h3-6,8-9H,7H2,1-2H3,(H,18,19,22). The molecule has 25 heavy (non-hydrogen) atoms. The highest BCUT2D eigenvalue weighted by Crippen LogP contribution is 2.27. The van der Waals surface area contributed by atoms with E-state index in [2.05, 4.69) is 10.3 Å². The first-order valence-electron chi connectivity index (χ1n) is 7.49. The van der Waals surface area contributed by atoms with Gasteiger partial charge in [-0.05, 0) is 31.2 Å². The molecule has 1 N–H and O–H groups in total. The predicted molar refractivity (Wildman–Crippen MR) is 90.7 cm³/mol. The fourth-order valence-electron chi connectivity index (χ4n) is 2.56. The van der Waals surface area contributed by atoms with E-state index in [0.717, 1.165) is 4.90 Å². The van der Waals surface area contributed by atoms with Gasteiger partial charge in [0.15, 0.2) is 5.13 Å². The lowest BCUT2D eigenvalue weighted by molar-refractivity contribution is -0.127. The van der Waals surface area contributed by atoms with Crippen LogP contribution in [0.15, 0.2) is 29.6 Å². The molecule has 0 saturated carbocycles. The molecule has 0 aliphatic carbocycles. The molecule has 3 rings (SSSR count). The number of urea groups is 1. The molecule has 1 aliphatic rings. The van der Waals surface area contributed by atoms with Crippen molar-refractivity contribution in [3.63, 3.8) is 0 Å². The Morgan fingerprint density at radius 3 is 2.64 bits per heavy atom. The molecule has 2 heterocycles. The van der Waals surface area contributed by atoms with Crippen LogP contribution in [-0.4, -0.2) is 33.8 Å². The predicted octanol–water partition coefficient (Wildman–Crippen LogP) is 2.60. The fraction of sp³-hybridized carbons (Fsp3) is 0.250. The zero-order chi connectivity index (χ0) is 18.1. The lowest BCUT2D eigenvalue weighted by Gasteiger charge is -2.19. The summed E-state index contributed by atoms with van der Waals surface area (Å²) in [5.74, 6) is -1.02. The van der Waals surface area contributed by atoms with E-state index < -0.39 is 17.9 Å². The molecule has 9 heteroatoms. The van der Waals surface area contributed by atoms with Crippen molar-refractivity contribution in [3.8, 4) is 0 Å². The quantitative estimate of drug-likeness (QED) is 0.848. The van der Waals surface area contributed by atoms with Crippen LogP contribution in [0, 0.1) is 5.82 Å². The summed E-state index contributed by atoms with van der Waals surface area (Å²) in [6.45, 7) is 3.00. The average molecular weight is 362 g/mol. The number of aromatic nitrogens is 1. The third-order valence-electron chi connectivity index (χ3n) is 3.71. The number of nitrogens with zero attached hydrogens (tertiary/aromatic N) is 3. The molecule has 1 atom stereocenters. The molecule has 0 radical (unpaired) electrons. The van der Waals surface area contributed by atoms with Gasteiger partial charge in [0.25, 0.3) is 5.91 Å². The Labute approximate surface area is 147 Å². The minimum absolute atomic E-state index is 0.00971. The van der Waals surface area contributed by atoms with Crippen molar-refractivity contribution in [1.29, 1.82) is 0 Å². The summed E-state index contributed by atoms with van der Waals surface area (Å²) in [6.07, 6.45) is 0. The number of hydrogen-bond donors (Lipinski definition) is 1. The van der Waals surface area contributed by atoms with E-state index in [1.165, 1.54) is 47.4 Å². The summed E-state index contributed by atoms with van der Waals surface area (Å²) in [7, 11) is 0. The maximum Gasteiger partial charge on any atom is 0.332 e. The summed E-state index contributed by atoms with van der Waals surface area (Å²) in [6, 6.07) is 4.21.